The Morgan fingerprint density at radius 2 is 1.92 bits per heavy atom. The maximum atomic E-state index is 4.73. The third-order valence-corrected chi connectivity index (χ3v) is 5.51. The van der Waals surface area contributed by atoms with Crippen molar-refractivity contribution >= 4 is 28.9 Å². The second-order valence-electron chi connectivity index (χ2n) is 5.83. The summed E-state index contributed by atoms with van der Waals surface area (Å²) in [6.07, 6.45) is 0.880. The van der Waals surface area contributed by atoms with Crippen LogP contribution in [0.5, 0.6) is 0 Å². The van der Waals surface area contributed by atoms with Crippen LogP contribution in [0.1, 0.15) is 27.7 Å². The lowest BCUT2D eigenvalue weighted by atomic mass is 10.2. The van der Waals surface area contributed by atoms with E-state index < -0.39 is 0 Å². The predicted molar refractivity (Wildman–Crippen MR) is 101 cm³/mol. The molecule has 0 amide bonds. The van der Waals surface area contributed by atoms with Gasteiger partial charge in [0.2, 0.25) is 5.16 Å². The third-order valence-electron chi connectivity index (χ3n) is 3.75. The molecule has 0 saturated carbocycles. The lowest BCUT2D eigenvalue weighted by Crippen LogP contribution is -1.97. The zero-order valence-corrected chi connectivity index (χ0v) is 15.6. The van der Waals surface area contributed by atoms with E-state index in [0.717, 1.165) is 39.4 Å². The minimum atomic E-state index is 0.656. The molecular formula is C18H17N5S2. The smallest absolute Gasteiger partial charge is 0.245 e. The highest BCUT2D eigenvalue weighted by Gasteiger charge is 2.10. The fourth-order valence-electron chi connectivity index (χ4n) is 2.61. The van der Waals surface area contributed by atoms with Gasteiger partial charge in [0.25, 0.3) is 5.78 Å². The number of hydrogen-bond donors (Lipinski definition) is 0. The first kappa shape index (κ1) is 16.2. The molecule has 0 aliphatic rings. The molecule has 0 aliphatic heterocycles. The quantitative estimate of drug-likeness (QED) is 0.498. The van der Waals surface area contributed by atoms with Gasteiger partial charge < -0.3 is 0 Å². The molecule has 0 aliphatic carbocycles. The zero-order valence-electron chi connectivity index (χ0n) is 14.0. The van der Waals surface area contributed by atoms with Crippen LogP contribution in [0.3, 0.4) is 0 Å². The van der Waals surface area contributed by atoms with Crippen molar-refractivity contribution in [1.82, 2.24) is 24.6 Å². The van der Waals surface area contributed by atoms with Crippen LogP contribution < -0.4 is 0 Å². The molecule has 5 nitrogen and oxygen atoms in total. The Hall–Kier alpha value is -2.25. The number of hydrogen-bond acceptors (Lipinski definition) is 6. The van der Waals surface area contributed by atoms with Crippen LogP contribution in [-0.4, -0.2) is 24.6 Å². The molecule has 4 rings (SSSR count). The van der Waals surface area contributed by atoms with E-state index >= 15 is 0 Å². The molecule has 0 radical (unpaired) electrons. The van der Waals surface area contributed by atoms with E-state index in [1.807, 2.05) is 26.0 Å². The number of thiazole rings is 1. The number of thioether (sulfide) groups is 1. The van der Waals surface area contributed by atoms with Gasteiger partial charge in [-0.05, 0) is 25.5 Å². The number of benzene rings is 1. The summed E-state index contributed by atoms with van der Waals surface area (Å²) in [7, 11) is 0. The number of rotatable bonds is 5. The number of aromatic nitrogens is 5. The summed E-state index contributed by atoms with van der Waals surface area (Å²) in [6.45, 7) is 3.99. The van der Waals surface area contributed by atoms with Crippen LogP contribution >= 0.6 is 23.1 Å². The Kier molecular flexibility index (Phi) is 4.50. The Bertz CT molecular complexity index is 1010. The fourth-order valence-corrected chi connectivity index (χ4v) is 4.26. The lowest BCUT2D eigenvalue weighted by molar-refractivity contribution is 0.843. The topological polar surface area (TPSA) is 56.0 Å². The van der Waals surface area contributed by atoms with Gasteiger partial charge in [-0.3, -0.25) is 0 Å². The first-order chi connectivity index (χ1) is 12.2. The van der Waals surface area contributed by atoms with E-state index in [1.165, 1.54) is 5.56 Å². The fraction of sp³-hybridized carbons (Fsp3) is 0.222. The molecule has 3 aromatic heterocycles. The van der Waals surface area contributed by atoms with Gasteiger partial charge in [0.1, 0.15) is 0 Å². The van der Waals surface area contributed by atoms with Crippen molar-refractivity contribution in [3.63, 3.8) is 0 Å². The van der Waals surface area contributed by atoms with Crippen LogP contribution in [0.2, 0.25) is 0 Å². The Labute approximate surface area is 154 Å². The maximum absolute atomic E-state index is 4.73. The summed E-state index contributed by atoms with van der Waals surface area (Å²) in [6, 6.07) is 12.4. The van der Waals surface area contributed by atoms with E-state index in [2.05, 4.69) is 44.7 Å². The molecule has 0 spiro atoms. The Morgan fingerprint density at radius 3 is 2.76 bits per heavy atom. The highest BCUT2D eigenvalue weighted by atomic mass is 32.2. The largest absolute Gasteiger partial charge is 0.253 e. The maximum Gasteiger partial charge on any atom is 0.253 e. The van der Waals surface area contributed by atoms with Crippen molar-refractivity contribution in [1.29, 1.82) is 0 Å². The summed E-state index contributed by atoms with van der Waals surface area (Å²) in [5.74, 6) is 1.42. The van der Waals surface area contributed by atoms with Gasteiger partial charge in [0.15, 0.2) is 0 Å². The SMILES string of the molecule is Cc1cc(C)n2nc(SCc3csc(Cc4ccccc4)n3)nc2n1. The normalized spacial score (nSPS) is 11.3. The highest BCUT2D eigenvalue weighted by Crippen LogP contribution is 2.22. The minimum Gasteiger partial charge on any atom is -0.245 e. The lowest BCUT2D eigenvalue weighted by Gasteiger charge is -1.97. The van der Waals surface area contributed by atoms with E-state index in [1.54, 1.807) is 27.6 Å². The summed E-state index contributed by atoms with van der Waals surface area (Å²) in [5, 5.41) is 8.52. The zero-order chi connectivity index (χ0) is 17.2. The van der Waals surface area contributed by atoms with Gasteiger partial charge in [-0.2, -0.15) is 4.98 Å². The molecule has 0 fully saturated rings. The molecule has 0 atom stereocenters. The standard InChI is InChI=1S/C18H17N5S2/c1-12-8-13(2)23-17(19-12)21-18(22-23)25-11-15-10-24-16(20-15)9-14-6-4-3-5-7-14/h3-8,10H,9,11H2,1-2H3. The summed E-state index contributed by atoms with van der Waals surface area (Å²) in [4.78, 5) is 13.7. The molecule has 0 unspecified atom stereocenters. The predicted octanol–water partition coefficient (Wildman–Crippen LogP) is 4.08. The minimum absolute atomic E-state index is 0.656. The van der Waals surface area contributed by atoms with Crippen LogP contribution in [-0.2, 0) is 12.2 Å². The molecule has 1 aromatic carbocycles. The average molecular weight is 368 g/mol. The van der Waals surface area contributed by atoms with Crippen molar-refractivity contribution in [2.45, 2.75) is 31.2 Å². The average Bonchev–Trinajstić information content (AvgIpc) is 3.20. The van der Waals surface area contributed by atoms with Crippen molar-refractivity contribution in [3.05, 3.63) is 69.4 Å². The Morgan fingerprint density at radius 1 is 1.08 bits per heavy atom. The second-order valence-corrected chi connectivity index (χ2v) is 7.71. The van der Waals surface area contributed by atoms with Gasteiger partial charge >= 0.3 is 0 Å². The monoisotopic (exact) mass is 367 g/mol. The molecule has 3 heterocycles. The Balaban J connectivity index is 1.44. The number of nitrogens with zero attached hydrogens (tertiary/aromatic N) is 5. The second kappa shape index (κ2) is 6.93. The van der Waals surface area contributed by atoms with Crippen LogP contribution in [0, 0.1) is 13.8 Å². The van der Waals surface area contributed by atoms with E-state index in [0.29, 0.717) is 5.78 Å². The van der Waals surface area contributed by atoms with E-state index in [-0.39, 0.29) is 0 Å². The van der Waals surface area contributed by atoms with Crippen molar-refractivity contribution < 1.29 is 0 Å². The van der Waals surface area contributed by atoms with Gasteiger partial charge in [-0.1, -0.05) is 42.1 Å². The van der Waals surface area contributed by atoms with Crippen LogP contribution in [0.4, 0.5) is 0 Å². The van der Waals surface area contributed by atoms with Crippen molar-refractivity contribution in [2.24, 2.45) is 0 Å². The van der Waals surface area contributed by atoms with Crippen molar-refractivity contribution in [3.8, 4) is 0 Å². The summed E-state index contributed by atoms with van der Waals surface area (Å²) >= 11 is 3.30. The van der Waals surface area contributed by atoms with Gasteiger partial charge in [0, 0.05) is 28.9 Å². The number of fused-ring (bicyclic) bond motifs is 1. The van der Waals surface area contributed by atoms with Gasteiger partial charge in [-0.25, -0.2) is 14.5 Å². The first-order valence-corrected chi connectivity index (χ1v) is 9.85. The molecule has 126 valence electrons. The van der Waals surface area contributed by atoms with Gasteiger partial charge in [0.05, 0.1) is 10.7 Å². The summed E-state index contributed by atoms with van der Waals surface area (Å²) < 4.78 is 1.79. The molecule has 0 bridgehead atoms. The molecule has 4 aromatic rings. The molecule has 0 saturated heterocycles. The number of aryl methyl sites for hydroxylation is 2. The van der Waals surface area contributed by atoms with E-state index in [4.69, 9.17) is 4.98 Å². The first-order valence-electron chi connectivity index (χ1n) is 7.98. The van der Waals surface area contributed by atoms with E-state index in [9.17, 15) is 0 Å². The van der Waals surface area contributed by atoms with Crippen LogP contribution in [0.25, 0.3) is 5.78 Å². The van der Waals surface area contributed by atoms with Gasteiger partial charge in [-0.15, -0.1) is 16.4 Å². The van der Waals surface area contributed by atoms with Crippen molar-refractivity contribution in [2.75, 3.05) is 0 Å². The third kappa shape index (κ3) is 3.72. The summed E-state index contributed by atoms with van der Waals surface area (Å²) in [5.41, 5.74) is 4.36. The molecular weight excluding hydrogens is 350 g/mol. The van der Waals surface area contributed by atoms with Crippen LogP contribution in [0.15, 0.2) is 46.9 Å². The molecule has 7 heteroatoms. The highest BCUT2D eigenvalue weighted by molar-refractivity contribution is 7.98. The molecule has 25 heavy (non-hydrogen) atoms. The molecule has 0 N–H and O–H groups in total.